The second-order valence-electron chi connectivity index (χ2n) is 23.0. The number of fused-ring (bicyclic) bond motifs is 4. The molecule has 9 rings (SSSR count). The van der Waals surface area contributed by atoms with Crippen LogP contribution in [0.1, 0.15) is 133 Å². The van der Waals surface area contributed by atoms with E-state index in [1.165, 1.54) is 101 Å². The van der Waals surface area contributed by atoms with Crippen LogP contribution in [0.2, 0.25) is 0 Å². The van der Waals surface area contributed by atoms with Crippen molar-refractivity contribution in [2.75, 3.05) is 9.80 Å². The minimum Gasteiger partial charge on any atom is -0.311 e. The molecule has 0 N–H and O–H groups in total. The lowest BCUT2D eigenvalue weighted by Gasteiger charge is -2.45. The first-order chi connectivity index (χ1) is 30.1. The maximum absolute atomic E-state index is 2.62. The predicted octanol–water partition coefficient (Wildman–Crippen LogP) is 14.4. The molecule has 324 valence electrons. The molecule has 2 heterocycles. The van der Waals surface area contributed by atoms with E-state index in [4.69, 9.17) is 0 Å². The second kappa shape index (κ2) is 15.7. The number of hydrogen-bond donors (Lipinski definition) is 0. The monoisotopic (exact) mass is 839 g/mol. The number of hydrogen-bond acceptors (Lipinski definition) is 2. The van der Waals surface area contributed by atoms with Gasteiger partial charge in [0.2, 0.25) is 0 Å². The average molecular weight is 839 g/mol. The molecule has 0 radical (unpaired) electrons. The minimum atomic E-state index is -0.0313. The van der Waals surface area contributed by atoms with Crippen molar-refractivity contribution in [1.82, 2.24) is 0 Å². The summed E-state index contributed by atoms with van der Waals surface area (Å²) in [5.74, 6) is 0. The predicted molar refractivity (Wildman–Crippen MR) is 278 cm³/mol. The summed E-state index contributed by atoms with van der Waals surface area (Å²) >= 11 is 0. The topological polar surface area (TPSA) is 6.48 Å². The number of rotatable bonds is 6. The summed E-state index contributed by atoms with van der Waals surface area (Å²) in [7, 11) is 0. The Labute approximate surface area is 385 Å². The highest BCUT2D eigenvalue weighted by Gasteiger charge is 2.44. The van der Waals surface area contributed by atoms with Gasteiger partial charge in [-0.05, 0) is 156 Å². The summed E-state index contributed by atoms with van der Waals surface area (Å²) in [4.78, 5) is 5.25. The third-order valence-electron chi connectivity index (χ3n) is 13.7. The lowest BCUT2D eigenvalue weighted by molar-refractivity contribution is 0.568. The highest BCUT2D eigenvalue weighted by atomic mass is 15.2. The van der Waals surface area contributed by atoms with Crippen molar-refractivity contribution in [3.8, 4) is 0 Å². The third kappa shape index (κ3) is 8.24. The Morgan fingerprint density at radius 1 is 0.359 bits per heavy atom. The van der Waals surface area contributed by atoms with Crippen LogP contribution in [0, 0.1) is 6.92 Å². The van der Waals surface area contributed by atoms with E-state index in [0.717, 1.165) is 12.8 Å². The summed E-state index contributed by atoms with van der Waals surface area (Å²) in [6.07, 6.45) is 1.76. The number of aryl methyl sites for hydroxylation is 1. The molecular weight excluding hydrogens is 771 g/mol. The van der Waals surface area contributed by atoms with Gasteiger partial charge in [-0.25, -0.2) is 0 Å². The zero-order valence-electron chi connectivity index (χ0n) is 40.7. The van der Waals surface area contributed by atoms with E-state index >= 15 is 0 Å². The van der Waals surface area contributed by atoms with Crippen molar-refractivity contribution in [3.05, 3.63) is 196 Å². The van der Waals surface area contributed by atoms with Crippen LogP contribution in [0.3, 0.4) is 0 Å². The molecule has 0 aromatic heterocycles. The van der Waals surface area contributed by atoms with Gasteiger partial charge in [-0.15, -0.1) is 0 Å². The lowest BCUT2D eigenvalue weighted by Crippen LogP contribution is -2.61. The molecule has 3 heteroatoms. The van der Waals surface area contributed by atoms with Crippen LogP contribution in [0.25, 0.3) is 0 Å². The SMILES string of the molecule is Cc1cc2c3c(c1)N(c1cc(C(C)(C)C)cc(C(C)(C)C)c1)c1ccc(Cc4ccccc4)cc1B3c1cc(Cc3ccccc3)ccc1N2c1cc(C(C)(C)C)cc(C(C)(C)C)c1. The molecule has 0 unspecified atom stereocenters. The van der Waals surface area contributed by atoms with Crippen molar-refractivity contribution in [2.24, 2.45) is 0 Å². The summed E-state index contributed by atoms with van der Waals surface area (Å²) < 4.78 is 0. The van der Waals surface area contributed by atoms with E-state index in [-0.39, 0.29) is 28.4 Å². The number of nitrogens with zero attached hydrogens (tertiary/aromatic N) is 2. The normalized spacial score (nSPS) is 13.7. The summed E-state index contributed by atoms with van der Waals surface area (Å²) in [5, 5.41) is 0. The molecular formula is C61H67BN2. The van der Waals surface area contributed by atoms with Gasteiger partial charge in [0.05, 0.1) is 0 Å². The molecule has 7 aromatic carbocycles. The van der Waals surface area contributed by atoms with Crippen LogP contribution in [0.5, 0.6) is 0 Å². The van der Waals surface area contributed by atoms with Crippen LogP contribution in [0.15, 0.2) is 146 Å². The van der Waals surface area contributed by atoms with Gasteiger partial charge >= 0.3 is 0 Å². The zero-order valence-corrected chi connectivity index (χ0v) is 40.7. The van der Waals surface area contributed by atoms with Gasteiger partial charge in [-0.1, -0.05) is 180 Å². The van der Waals surface area contributed by atoms with Crippen LogP contribution < -0.4 is 26.2 Å². The van der Waals surface area contributed by atoms with Crippen LogP contribution >= 0.6 is 0 Å². The van der Waals surface area contributed by atoms with Crippen LogP contribution in [-0.4, -0.2) is 6.71 Å². The molecule has 0 saturated carbocycles. The standard InChI is InChI=1S/C61H67BN2/c1-40-28-55-57-56(29-40)64(50-38-47(60(8,9)10)35-48(39-50)61(11,12)13)54-27-25-44(31-42-22-18-15-19-23-42)33-52(54)62(57)51-32-43(30-41-20-16-14-17-21-41)24-26-53(51)63(55)49-36-45(58(2,3)4)34-46(37-49)59(5,6)7/h14-29,32-39H,30-31H2,1-13H3. The largest absolute Gasteiger partial charge is 0.311 e. The van der Waals surface area contributed by atoms with Crippen LogP contribution in [0.4, 0.5) is 34.1 Å². The molecule has 2 nitrogen and oxygen atoms in total. The summed E-state index contributed by atoms with van der Waals surface area (Å²) in [5.41, 5.74) is 23.4. The Morgan fingerprint density at radius 3 is 1.03 bits per heavy atom. The van der Waals surface area contributed by atoms with Gasteiger partial charge in [0.1, 0.15) is 0 Å². The molecule has 0 aliphatic carbocycles. The zero-order chi connectivity index (χ0) is 45.5. The molecule has 0 atom stereocenters. The number of anilines is 6. The Balaban J connectivity index is 1.38. The second-order valence-corrected chi connectivity index (χ2v) is 23.0. The average Bonchev–Trinajstić information content (AvgIpc) is 3.22. The Morgan fingerprint density at radius 2 is 0.703 bits per heavy atom. The van der Waals surface area contributed by atoms with E-state index in [1.807, 2.05) is 0 Å². The quantitative estimate of drug-likeness (QED) is 0.154. The van der Waals surface area contributed by atoms with Gasteiger partial charge in [0.25, 0.3) is 6.71 Å². The highest BCUT2D eigenvalue weighted by Crippen LogP contribution is 2.47. The van der Waals surface area contributed by atoms with E-state index in [9.17, 15) is 0 Å². The van der Waals surface area contributed by atoms with E-state index in [2.05, 4.69) is 245 Å². The smallest absolute Gasteiger partial charge is 0.252 e. The molecule has 0 spiro atoms. The van der Waals surface area contributed by atoms with Crippen molar-refractivity contribution in [2.45, 2.75) is 125 Å². The molecule has 0 amide bonds. The van der Waals surface area contributed by atoms with Gasteiger partial charge in [-0.2, -0.15) is 0 Å². The maximum atomic E-state index is 2.62. The molecule has 0 saturated heterocycles. The van der Waals surface area contributed by atoms with Crippen molar-refractivity contribution in [3.63, 3.8) is 0 Å². The number of benzene rings is 7. The lowest BCUT2D eigenvalue weighted by atomic mass is 9.33. The van der Waals surface area contributed by atoms with E-state index in [0.29, 0.717) is 0 Å². The van der Waals surface area contributed by atoms with Gasteiger partial charge in [-0.3, -0.25) is 0 Å². The van der Waals surface area contributed by atoms with Gasteiger partial charge in [0, 0.05) is 34.1 Å². The fourth-order valence-corrected chi connectivity index (χ4v) is 9.89. The van der Waals surface area contributed by atoms with Gasteiger partial charge < -0.3 is 9.80 Å². The molecule has 2 aliphatic heterocycles. The fourth-order valence-electron chi connectivity index (χ4n) is 9.89. The minimum absolute atomic E-state index is 0.0234. The highest BCUT2D eigenvalue weighted by molar-refractivity contribution is 7.00. The first-order valence-corrected chi connectivity index (χ1v) is 23.5. The van der Waals surface area contributed by atoms with Crippen molar-refractivity contribution >= 4 is 57.2 Å². The molecule has 2 aliphatic rings. The first-order valence-electron chi connectivity index (χ1n) is 23.5. The third-order valence-corrected chi connectivity index (χ3v) is 13.7. The Bertz CT molecular complexity index is 2620. The molecule has 0 fully saturated rings. The fraction of sp³-hybridized carbons (Fsp3) is 0.311. The maximum Gasteiger partial charge on any atom is 0.252 e. The molecule has 7 aromatic rings. The van der Waals surface area contributed by atoms with E-state index < -0.39 is 0 Å². The van der Waals surface area contributed by atoms with Crippen LogP contribution in [-0.2, 0) is 34.5 Å². The Hall–Kier alpha value is -5.80. The van der Waals surface area contributed by atoms with Crippen molar-refractivity contribution in [1.29, 1.82) is 0 Å². The van der Waals surface area contributed by atoms with E-state index in [1.54, 1.807) is 0 Å². The molecule has 0 bridgehead atoms. The Kier molecular flexibility index (Phi) is 10.7. The summed E-state index contributed by atoms with van der Waals surface area (Å²) in [6, 6.07) is 56.4. The molecule has 64 heavy (non-hydrogen) atoms. The van der Waals surface area contributed by atoms with Gasteiger partial charge in [0.15, 0.2) is 0 Å². The van der Waals surface area contributed by atoms with Crippen molar-refractivity contribution < 1.29 is 0 Å². The summed E-state index contributed by atoms with van der Waals surface area (Å²) in [6.45, 7) is 30.5. The first kappa shape index (κ1) is 43.5.